The summed E-state index contributed by atoms with van der Waals surface area (Å²) in [6, 6.07) is 0. The summed E-state index contributed by atoms with van der Waals surface area (Å²) >= 11 is 0. The normalized spacial score (nSPS) is 23.3. The molecule has 3 heterocycles. The van der Waals surface area contributed by atoms with Crippen LogP contribution in [-0.2, 0) is 11.2 Å². The number of hydrogen-bond acceptors (Lipinski definition) is 4. The monoisotopic (exact) mass is 274 g/mol. The predicted molar refractivity (Wildman–Crippen MR) is 73.4 cm³/mol. The van der Waals surface area contributed by atoms with Gasteiger partial charge in [0.05, 0.1) is 6.20 Å². The fraction of sp³-hybridized carbons (Fsp3) is 0.643. The first kappa shape index (κ1) is 12.1. The Hall–Kier alpha value is -1.69. The third-order valence-electron chi connectivity index (χ3n) is 4.12. The van der Waals surface area contributed by atoms with E-state index in [1.165, 1.54) is 12.8 Å². The van der Waals surface area contributed by atoms with E-state index in [2.05, 4.69) is 15.1 Å². The highest BCUT2D eigenvalue weighted by molar-refractivity contribution is 5.73. The zero-order valence-corrected chi connectivity index (χ0v) is 11.3. The van der Waals surface area contributed by atoms with Crippen LogP contribution < -0.4 is 5.56 Å². The first-order valence-electron chi connectivity index (χ1n) is 7.39. The van der Waals surface area contributed by atoms with Gasteiger partial charge in [0.25, 0.3) is 5.56 Å². The molecule has 6 nitrogen and oxygen atoms in total. The lowest BCUT2D eigenvalue weighted by atomic mass is 10.2. The van der Waals surface area contributed by atoms with Crippen molar-refractivity contribution in [2.45, 2.75) is 44.8 Å². The van der Waals surface area contributed by atoms with Gasteiger partial charge in [-0.3, -0.25) is 4.79 Å². The van der Waals surface area contributed by atoms with Crippen molar-refractivity contribution in [2.24, 2.45) is 5.92 Å². The van der Waals surface area contributed by atoms with E-state index in [9.17, 15) is 4.79 Å². The number of nitrogens with zero attached hydrogens (tertiary/aromatic N) is 3. The Labute approximate surface area is 116 Å². The molecule has 0 radical (unpaired) electrons. The van der Waals surface area contributed by atoms with Crippen LogP contribution in [0.3, 0.4) is 0 Å². The number of hydrogen-bond donors (Lipinski definition) is 1. The SMILES string of the molecule is O=c1[nH]c(CC2CC2)nc2c1cnn2C1CCCCO1. The molecule has 1 aliphatic carbocycles. The second kappa shape index (κ2) is 4.70. The van der Waals surface area contributed by atoms with Crippen LogP contribution in [0.25, 0.3) is 11.0 Å². The van der Waals surface area contributed by atoms with Crippen molar-refractivity contribution in [1.82, 2.24) is 19.7 Å². The molecule has 4 rings (SSSR count). The number of aromatic amines is 1. The molecular formula is C14H18N4O2. The lowest BCUT2D eigenvalue weighted by molar-refractivity contribution is -0.0370. The van der Waals surface area contributed by atoms with Gasteiger partial charge in [0, 0.05) is 13.0 Å². The Morgan fingerprint density at radius 1 is 1.35 bits per heavy atom. The molecule has 0 aromatic carbocycles. The largest absolute Gasteiger partial charge is 0.356 e. The van der Waals surface area contributed by atoms with Gasteiger partial charge < -0.3 is 9.72 Å². The molecule has 0 bridgehead atoms. The highest BCUT2D eigenvalue weighted by Gasteiger charge is 2.24. The van der Waals surface area contributed by atoms with Crippen molar-refractivity contribution in [3.8, 4) is 0 Å². The van der Waals surface area contributed by atoms with Crippen LogP contribution in [0.5, 0.6) is 0 Å². The van der Waals surface area contributed by atoms with Crippen LogP contribution in [0.15, 0.2) is 11.0 Å². The lowest BCUT2D eigenvalue weighted by Gasteiger charge is -2.23. The average Bonchev–Trinajstić information content (AvgIpc) is 3.16. The molecule has 1 saturated heterocycles. The Balaban J connectivity index is 1.76. The van der Waals surface area contributed by atoms with Crippen molar-refractivity contribution in [3.05, 3.63) is 22.4 Å². The minimum absolute atomic E-state index is 0.0793. The molecule has 2 fully saturated rings. The summed E-state index contributed by atoms with van der Waals surface area (Å²) in [5, 5.41) is 4.88. The highest BCUT2D eigenvalue weighted by atomic mass is 16.5. The maximum atomic E-state index is 12.1. The molecule has 2 aromatic heterocycles. The van der Waals surface area contributed by atoms with Gasteiger partial charge in [-0.2, -0.15) is 5.10 Å². The maximum absolute atomic E-state index is 12.1. The first-order chi connectivity index (χ1) is 9.81. The van der Waals surface area contributed by atoms with E-state index in [-0.39, 0.29) is 11.8 Å². The number of ether oxygens (including phenoxy) is 1. The van der Waals surface area contributed by atoms with E-state index in [0.29, 0.717) is 17.0 Å². The molecule has 0 spiro atoms. The lowest BCUT2D eigenvalue weighted by Crippen LogP contribution is -2.20. The molecule has 1 N–H and O–H groups in total. The van der Waals surface area contributed by atoms with Crippen molar-refractivity contribution in [2.75, 3.05) is 6.61 Å². The van der Waals surface area contributed by atoms with Gasteiger partial charge in [-0.15, -0.1) is 0 Å². The standard InChI is InChI=1S/C14H18N4O2/c19-14-10-8-15-18(12-3-1-2-6-20-12)13(10)16-11(17-14)7-9-4-5-9/h8-9,12H,1-7H2,(H,16,17,19). The van der Waals surface area contributed by atoms with Crippen molar-refractivity contribution in [1.29, 1.82) is 0 Å². The summed E-state index contributed by atoms with van der Waals surface area (Å²) in [7, 11) is 0. The second-order valence-electron chi connectivity index (χ2n) is 5.81. The second-order valence-corrected chi connectivity index (χ2v) is 5.81. The van der Waals surface area contributed by atoms with Crippen molar-refractivity contribution in [3.63, 3.8) is 0 Å². The van der Waals surface area contributed by atoms with Crippen LogP contribution in [0, 0.1) is 5.92 Å². The van der Waals surface area contributed by atoms with Gasteiger partial charge in [0.1, 0.15) is 11.2 Å². The Bertz CT molecular complexity index is 680. The molecule has 2 aromatic rings. The van der Waals surface area contributed by atoms with E-state index in [1.54, 1.807) is 10.9 Å². The minimum Gasteiger partial charge on any atom is -0.356 e. The van der Waals surface area contributed by atoms with Gasteiger partial charge >= 0.3 is 0 Å². The highest BCUT2D eigenvalue weighted by Crippen LogP contribution is 2.31. The van der Waals surface area contributed by atoms with Crippen molar-refractivity contribution >= 4 is 11.0 Å². The molecular weight excluding hydrogens is 256 g/mol. The van der Waals surface area contributed by atoms with Gasteiger partial charge in [0.15, 0.2) is 11.9 Å². The number of rotatable bonds is 3. The number of H-pyrrole nitrogens is 1. The van der Waals surface area contributed by atoms with Crippen LogP contribution >= 0.6 is 0 Å². The third-order valence-corrected chi connectivity index (χ3v) is 4.12. The molecule has 0 amide bonds. The molecule has 1 unspecified atom stereocenters. The maximum Gasteiger partial charge on any atom is 0.262 e. The molecule has 6 heteroatoms. The quantitative estimate of drug-likeness (QED) is 0.925. The minimum atomic E-state index is -0.0901. The van der Waals surface area contributed by atoms with Gasteiger partial charge in [-0.05, 0) is 38.0 Å². The summed E-state index contributed by atoms with van der Waals surface area (Å²) in [4.78, 5) is 19.6. The molecule has 1 aliphatic heterocycles. The molecule has 1 saturated carbocycles. The van der Waals surface area contributed by atoms with Crippen LogP contribution in [0.2, 0.25) is 0 Å². The van der Waals surface area contributed by atoms with E-state index in [1.807, 2.05) is 0 Å². The number of aromatic nitrogens is 4. The van der Waals surface area contributed by atoms with E-state index < -0.39 is 0 Å². The zero-order valence-electron chi connectivity index (χ0n) is 11.3. The van der Waals surface area contributed by atoms with E-state index in [4.69, 9.17) is 4.74 Å². The summed E-state index contributed by atoms with van der Waals surface area (Å²) in [5.41, 5.74) is 0.573. The number of nitrogens with one attached hydrogen (secondary N) is 1. The molecule has 20 heavy (non-hydrogen) atoms. The molecule has 106 valence electrons. The summed E-state index contributed by atoms with van der Waals surface area (Å²) in [6.45, 7) is 0.754. The summed E-state index contributed by atoms with van der Waals surface area (Å²) < 4.78 is 7.53. The van der Waals surface area contributed by atoms with E-state index >= 15 is 0 Å². The third kappa shape index (κ3) is 2.14. The average molecular weight is 274 g/mol. The Morgan fingerprint density at radius 2 is 2.25 bits per heavy atom. The summed E-state index contributed by atoms with van der Waals surface area (Å²) in [5.74, 6) is 1.47. The molecule has 2 aliphatic rings. The fourth-order valence-corrected chi connectivity index (χ4v) is 2.80. The predicted octanol–water partition coefficient (Wildman–Crippen LogP) is 1.77. The zero-order chi connectivity index (χ0) is 13.5. The molecule has 1 atom stereocenters. The smallest absolute Gasteiger partial charge is 0.262 e. The fourth-order valence-electron chi connectivity index (χ4n) is 2.80. The number of fused-ring (bicyclic) bond motifs is 1. The summed E-state index contributed by atoms with van der Waals surface area (Å²) in [6.07, 6.45) is 8.02. The van der Waals surface area contributed by atoms with Gasteiger partial charge in [-0.1, -0.05) is 0 Å². The van der Waals surface area contributed by atoms with Crippen molar-refractivity contribution < 1.29 is 4.74 Å². The topological polar surface area (TPSA) is 72.8 Å². The Morgan fingerprint density at radius 3 is 3.00 bits per heavy atom. The van der Waals surface area contributed by atoms with Crippen LogP contribution in [-0.4, -0.2) is 26.4 Å². The van der Waals surface area contributed by atoms with Crippen LogP contribution in [0.4, 0.5) is 0 Å². The first-order valence-corrected chi connectivity index (χ1v) is 7.39. The van der Waals surface area contributed by atoms with Gasteiger partial charge in [-0.25, -0.2) is 9.67 Å². The van der Waals surface area contributed by atoms with E-state index in [0.717, 1.165) is 38.1 Å². The van der Waals surface area contributed by atoms with Gasteiger partial charge in [0.2, 0.25) is 0 Å². The Kier molecular flexibility index (Phi) is 2.84. The van der Waals surface area contributed by atoms with Crippen LogP contribution in [0.1, 0.15) is 44.2 Å².